The van der Waals surface area contributed by atoms with Crippen LogP contribution in [0, 0.1) is 0 Å². The molecule has 3 aliphatic rings. The number of para-hydroxylation sites is 1. The molecule has 0 bridgehead atoms. The molecule has 240 valence electrons. The van der Waals surface area contributed by atoms with Crippen LogP contribution in [0.2, 0.25) is 0 Å². The highest BCUT2D eigenvalue weighted by Crippen LogP contribution is 2.45. The number of carbonyl (C=O) groups is 2. The molecule has 2 atom stereocenters. The highest BCUT2D eigenvalue weighted by atomic mass is 35.5. The molecule has 3 heterocycles. The van der Waals surface area contributed by atoms with E-state index >= 15 is 0 Å². The normalized spacial score (nSPS) is 17.5. The number of methoxy groups -OCH3 is 1. The summed E-state index contributed by atoms with van der Waals surface area (Å²) < 4.78 is 11.9. The number of phenols is 1. The Hall–Kier alpha value is -5.34. The Bertz CT molecular complexity index is 2150. The van der Waals surface area contributed by atoms with Crippen LogP contribution in [0.1, 0.15) is 38.5 Å². The van der Waals surface area contributed by atoms with E-state index in [0.29, 0.717) is 40.9 Å². The molecule has 0 unspecified atom stereocenters. The van der Waals surface area contributed by atoms with Crippen LogP contribution in [0.5, 0.6) is 17.2 Å². The van der Waals surface area contributed by atoms with Gasteiger partial charge in [-0.2, -0.15) is 0 Å². The fraction of sp³-hybridized carbons (Fsp3) is 0.205. The number of halogens is 1. The number of fused-ring (bicyclic) bond motifs is 7. The summed E-state index contributed by atoms with van der Waals surface area (Å²) in [6, 6.07) is 28.3. The number of ether oxygens (including phenoxy) is 2. The molecule has 0 aromatic heterocycles. The second-order valence-electron chi connectivity index (χ2n) is 12.4. The molecule has 48 heavy (non-hydrogen) atoms. The molecule has 0 saturated carbocycles. The summed E-state index contributed by atoms with van der Waals surface area (Å²) >= 11 is 6.38. The second-order valence-corrected chi connectivity index (χ2v) is 12.7. The summed E-state index contributed by atoms with van der Waals surface area (Å²) in [6.07, 6.45) is 2.73. The summed E-state index contributed by atoms with van der Waals surface area (Å²) in [7, 11) is 1.55. The van der Waals surface area contributed by atoms with E-state index in [1.807, 2.05) is 79.0 Å². The molecule has 9 heteroatoms. The number of rotatable bonds is 7. The molecule has 0 saturated heterocycles. The highest BCUT2D eigenvalue weighted by molar-refractivity contribution is 6.19. The van der Waals surface area contributed by atoms with Gasteiger partial charge < -0.3 is 19.5 Å². The number of hydrogen-bond donors (Lipinski definition) is 1. The fourth-order valence-electron chi connectivity index (χ4n) is 7.24. The average molecular weight is 658 g/mol. The molecule has 3 aliphatic heterocycles. The van der Waals surface area contributed by atoms with Crippen LogP contribution in [-0.4, -0.2) is 48.7 Å². The monoisotopic (exact) mass is 657 g/mol. The Kier molecular flexibility index (Phi) is 7.53. The van der Waals surface area contributed by atoms with Crippen molar-refractivity contribution < 1.29 is 24.2 Å². The Morgan fingerprint density at radius 3 is 2.56 bits per heavy atom. The number of carbonyl (C=O) groups excluding carboxylic acids is 2. The molecule has 5 aromatic carbocycles. The van der Waals surface area contributed by atoms with Gasteiger partial charge in [-0.1, -0.05) is 66.7 Å². The van der Waals surface area contributed by atoms with Gasteiger partial charge in [0.05, 0.1) is 36.5 Å². The van der Waals surface area contributed by atoms with Gasteiger partial charge in [-0.25, -0.2) is 0 Å². The van der Waals surface area contributed by atoms with Gasteiger partial charge in [0.1, 0.15) is 12.4 Å². The first-order valence-electron chi connectivity index (χ1n) is 15.9. The number of anilines is 2. The van der Waals surface area contributed by atoms with E-state index in [9.17, 15) is 14.7 Å². The Balaban J connectivity index is 1.00. The lowest BCUT2D eigenvalue weighted by molar-refractivity contribution is -0.117. The fourth-order valence-corrected chi connectivity index (χ4v) is 7.49. The zero-order valence-corrected chi connectivity index (χ0v) is 27.0. The number of alkyl halides is 1. The van der Waals surface area contributed by atoms with Gasteiger partial charge in [-0.3, -0.25) is 19.5 Å². The zero-order valence-electron chi connectivity index (χ0n) is 26.2. The summed E-state index contributed by atoms with van der Waals surface area (Å²) in [5, 5.41) is 12.4. The number of phenolic OH excluding ortho intramolecular Hbond substituents is 1. The lowest BCUT2D eigenvalue weighted by Crippen LogP contribution is -2.37. The molecular formula is C39H32ClN3O5. The average Bonchev–Trinajstić information content (AvgIpc) is 3.64. The van der Waals surface area contributed by atoms with Gasteiger partial charge in [0, 0.05) is 54.2 Å². The minimum absolute atomic E-state index is 0.0287. The van der Waals surface area contributed by atoms with Crippen molar-refractivity contribution in [3.8, 4) is 17.2 Å². The zero-order chi connectivity index (χ0) is 32.9. The molecular weight excluding hydrogens is 626 g/mol. The van der Waals surface area contributed by atoms with E-state index in [1.54, 1.807) is 35.1 Å². The number of benzene rings is 5. The van der Waals surface area contributed by atoms with Gasteiger partial charge in [-0.05, 0) is 39.8 Å². The molecule has 0 fully saturated rings. The molecule has 1 N–H and O–H groups in total. The van der Waals surface area contributed by atoms with Crippen LogP contribution in [0.3, 0.4) is 0 Å². The molecule has 0 aliphatic carbocycles. The number of amides is 2. The van der Waals surface area contributed by atoms with E-state index in [2.05, 4.69) is 0 Å². The van der Waals surface area contributed by atoms with Crippen molar-refractivity contribution in [2.45, 2.75) is 31.4 Å². The quantitative estimate of drug-likeness (QED) is 0.185. The van der Waals surface area contributed by atoms with Crippen molar-refractivity contribution in [3.63, 3.8) is 0 Å². The molecule has 0 radical (unpaired) electrons. The first-order chi connectivity index (χ1) is 23.4. The molecule has 0 spiro atoms. The predicted octanol–water partition coefficient (Wildman–Crippen LogP) is 7.33. The van der Waals surface area contributed by atoms with Crippen molar-refractivity contribution in [3.05, 3.63) is 119 Å². The summed E-state index contributed by atoms with van der Waals surface area (Å²) in [6.45, 7) is 0.680. The highest BCUT2D eigenvalue weighted by Gasteiger charge is 2.37. The lowest BCUT2D eigenvalue weighted by atomic mass is 9.95. The van der Waals surface area contributed by atoms with E-state index in [4.69, 9.17) is 26.1 Å². The third kappa shape index (κ3) is 5.04. The minimum atomic E-state index is -0.150. The SMILES string of the molecule is COc1cc2c(cc1OCc1cccc(CC(=O)N3C[C@@H](CCl)c4c3cc(O)c3ccccc43)c1)N=C[C@@H]1Cc3ccccc3N1C2=O. The molecule has 2 amide bonds. The number of hydrogen-bond acceptors (Lipinski definition) is 6. The number of aliphatic imine (C=N–C) groups is 1. The van der Waals surface area contributed by atoms with Gasteiger partial charge in [-0.15, -0.1) is 11.6 Å². The number of aromatic hydroxyl groups is 1. The second kappa shape index (κ2) is 12.0. The molecule has 8 nitrogen and oxygen atoms in total. The maximum Gasteiger partial charge on any atom is 0.261 e. The van der Waals surface area contributed by atoms with Crippen molar-refractivity contribution >= 4 is 57.5 Å². The molecule has 8 rings (SSSR count). The van der Waals surface area contributed by atoms with Crippen molar-refractivity contribution in [1.82, 2.24) is 0 Å². The van der Waals surface area contributed by atoms with E-state index < -0.39 is 0 Å². The van der Waals surface area contributed by atoms with Crippen molar-refractivity contribution in [2.24, 2.45) is 4.99 Å². The van der Waals surface area contributed by atoms with Gasteiger partial charge >= 0.3 is 0 Å². The third-order valence-corrected chi connectivity index (χ3v) is 9.87. The maximum atomic E-state index is 13.7. The summed E-state index contributed by atoms with van der Waals surface area (Å²) in [5.41, 5.74) is 6.44. The first-order valence-corrected chi connectivity index (χ1v) is 16.5. The Morgan fingerprint density at radius 1 is 0.938 bits per heavy atom. The molecule has 5 aromatic rings. The smallest absolute Gasteiger partial charge is 0.261 e. The van der Waals surface area contributed by atoms with E-state index in [0.717, 1.165) is 45.1 Å². The first kappa shape index (κ1) is 30.0. The standard InChI is InChI=1S/C39H32ClN3O5/c1-47-35-16-30-31(41-20-27-15-25-9-2-5-12-32(25)43(27)39(30)46)17-36(35)48-22-24-8-6-7-23(13-24)14-37(45)42-21-26(19-40)38-29-11-4-3-10-28(29)34(44)18-33(38)42/h2-13,16-18,20,26-27,44H,14-15,19,21-22H2,1H3/t26-,27+/m1/s1. The van der Waals surface area contributed by atoms with Crippen molar-refractivity contribution in [1.29, 1.82) is 0 Å². The van der Waals surface area contributed by atoms with Crippen LogP contribution in [0.4, 0.5) is 17.1 Å². The van der Waals surface area contributed by atoms with Gasteiger partial charge in [0.25, 0.3) is 5.91 Å². The number of nitrogens with zero attached hydrogens (tertiary/aromatic N) is 3. The summed E-state index contributed by atoms with van der Waals surface area (Å²) in [5.74, 6) is 1.20. The minimum Gasteiger partial charge on any atom is -0.507 e. The van der Waals surface area contributed by atoms with Crippen molar-refractivity contribution in [2.75, 3.05) is 29.3 Å². The van der Waals surface area contributed by atoms with Crippen LogP contribution in [0.15, 0.2) is 96.0 Å². The lowest BCUT2D eigenvalue weighted by Gasteiger charge is -2.22. The van der Waals surface area contributed by atoms with E-state index in [1.165, 1.54) is 0 Å². The Labute approximate surface area is 282 Å². The predicted molar refractivity (Wildman–Crippen MR) is 188 cm³/mol. The topological polar surface area (TPSA) is 91.7 Å². The van der Waals surface area contributed by atoms with Crippen LogP contribution in [-0.2, 0) is 24.2 Å². The van der Waals surface area contributed by atoms with E-state index in [-0.39, 0.29) is 42.6 Å². The largest absolute Gasteiger partial charge is 0.507 e. The van der Waals surface area contributed by atoms with Gasteiger partial charge in [0.15, 0.2) is 11.5 Å². The summed E-state index contributed by atoms with van der Waals surface area (Å²) in [4.78, 5) is 35.7. The maximum absolute atomic E-state index is 13.7. The van der Waals surface area contributed by atoms with Gasteiger partial charge in [0.2, 0.25) is 5.91 Å². The van der Waals surface area contributed by atoms with Crippen LogP contribution >= 0.6 is 11.6 Å². The van der Waals surface area contributed by atoms with Crippen LogP contribution < -0.4 is 19.3 Å². The van der Waals surface area contributed by atoms with Crippen LogP contribution in [0.25, 0.3) is 10.8 Å². The third-order valence-electron chi connectivity index (χ3n) is 9.50. The Morgan fingerprint density at radius 2 is 1.73 bits per heavy atom.